The molecule has 0 saturated carbocycles. The number of carbonyl (C=O) groups is 1. The van der Waals surface area contributed by atoms with Gasteiger partial charge >= 0.3 is 216 Å². The Bertz CT molecular complexity index is 689. The molecular formula is C28H47F3O3Sn. The van der Waals surface area contributed by atoms with Gasteiger partial charge in [-0.2, -0.15) is 0 Å². The third-order valence-electron chi connectivity index (χ3n) is 7.23. The maximum absolute atomic E-state index is 14.1. The van der Waals surface area contributed by atoms with Crippen LogP contribution in [0.4, 0.5) is 13.2 Å². The number of unbranched alkanes of at least 4 members (excludes halogenated alkanes) is 4. The molecular weight excluding hydrogens is 560 g/mol. The summed E-state index contributed by atoms with van der Waals surface area (Å²) in [5, 5.41) is 0. The predicted molar refractivity (Wildman–Crippen MR) is 140 cm³/mol. The Morgan fingerprint density at radius 1 is 0.857 bits per heavy atom. The summed E-state index contributed by atoms with van der Waals surface area (Å²) < 4.78 is 58.1. The van der Waals surface area contributed by atoms with Crippen LogP contribution in [0.5, 0.6) is 0 Å². The van der Waals surface area contributed by atoms with Gasteiger partial charge in [-0.1, -0.05) is 0 Å². The second kappa shape index (κ2) is 16.2. The summed E-state index contributed by atoms with van der Waals surface area (Å²) in [6.07, 6.45) is 4.69. The van der Waals surface area contributed by atoms with Crippen LogP contribution in [-0.4, -0.2) is 43.7 Å². The standard InChI is InChI=1S/C16H20F3O3.3C4H9.Sn/c1-4-5-9-12(2)22-14(20)15(21-3,16(17,18)19)13-10-7-6-8-11-13;3*1-3-4-2;/h6-8,10-12H,1,4-5,9H2,2-3H3;3*1,3-4H2,2H3;/t12-,15-;;;;/m1..../s1. The molecule has 0 unspecified atom stereocenters. The van der Waals surface area contributed by atoms with E-state index in [1.807, 2.05) is 0 Å². The van der Waals surface area contributed by atoms with E-state index in [0.29, 0.717) is 6.42 Å². The molecule has 1 aromatic carbocycles. The number of methoxy groups -OCH3 is 1. The molecule has 35 heavy (non-hydrogen) atoms. The average molecular weight is 607 g/mol. The number of ether oxygens (including phenoxy) is 2. The van der Waals surface area contributed by atoms with E-state index in [-0.39, 0.29) is 5.56 Å². The molecule has 0 aromatic heterocycles. The first-order valence-electron chi connectivity index (χ1n) is 13.5. The third-order valence-corrected chi connectivity index (χ3v) is 23.4. The number of rotatable bonds is 18. The fourth-order valence-electron chi connectivity index (χ4n) is 5.05. The number of hydrogen-bond acceptors (Lipinski definition) is 3. The van der Waals surface area contributed by atoms with Gasteiger partial charge in [-0.3, -0.25) is 0 Å². The zero-order valence-corrected chi connectivity index (χ0v) is 25.4. The zero-order chi connectivity index (χ0) is 26.4. The summed E-state index contributed by atoms with van der Waals surface area (Å²) in [7, 11) is 0.905. The van der Waals surface area contributed by atoms with Gasteiger partial charge in [0.15, 0.2) is 0 Å². The minimum atomic E-state index is -4.94. The van der Waals surface area contributed by atoms with Crippen LogP contribution in [0.2, 0.25) is 17.7 Å². The molecule has 0 bridgehead atoms. The van der Waals surface area contributed by atoms with Gasteiger partial charge in [0.1, 0.15) is 0 Å². The molecule has 0 heterocycles. The molecule has 0 aliphatic rings. The van der Waals surface area contributed by atoms with Gasteiger partial charge in [0, 0.05) is 0 Å². The normalized spacial score (nSPS) is 15.0. The molecule has 0 fully saturated rings. The fourth-order valence-corrected chi connectivity index (χ4v) is 21.6. The van der Waals surface area contributed by atoms with E-state index in [2.05, 4.69) is 20.8 Å². The van der Waals surface area contributed by atoms with Crippen molar-refractivity contribution in [3.05, 3.63) is 35.9 Å². The summed E-state index contributed by atoms with van der Waals surface area (Å²) in [5.74, 6) is -1.39. The van der Waals surface area contributed by atoms with Crippen molar-refractivity contribution in [1.82, 2.24) is 0 Å². The first kappa shape index (κ1) is 32.3. The van der Waals surface area contributed by atoms with Crippen molar-refractivity contribution in [2.24, 2.45) is 0 Å². The van der Waals surface area contributed by atoms with Crippen LogP contribution in [0.25, 0.3) is 0 Å². The Hall–Kier alpha value is -0.761. The molecule has 0 spiro atoms. The van der Waals surface area contributed by atoms with Crippen LogP contribution in [-0.2, 0) is 19.9 Å². The summed E-state index contributed by atoms with van der Waals surface area (Å²) >= 11 is -2.21. The van der Waals surface area contributed by atoms with Gasteiger partial charge in [-0.25, -0.2) is 0 Å². The molecule has 0 amide bonds. The van der Waals surface area contributed by atoms with E-state index < -0.39 is 42.2 Å². The van der Waals surface area contributed by atoms with Gasteiger partial charge in [-0.15, -0.1) is 0 Å². The molecule has 0 radical (unpaired) electrons. The van der Waals surface area contributed by atoms with Crippen molar-refractivity contribution in [2.75, 3.05) is 7.11 Å². The van der Waals surface area contributed by atoms with Gasteiger partial charge in [0.25, 0.3) is 0 Å². The number of carbonyl (C=O) groups excluding carboxylic acids is 1. The molecule has 0 aliphatic heterocycles. The van der Waals surface area contributed by atoms with Crippen molar-refractivity contribution < 1.29 is 27.4 Å². The van der Waals surface area contributed by atoms with Gasteiger partial charge in [0.05, 0.1) is 0 Å². The number of halogens is 3. The van der Waals surface area contributed by atoms with Crippen molar-refractivity contribution in [1.29, 1.82) is 0 Å². The van der Waals surface area contributed by atoms with E-state index in [4.69, 9.17) is 9.47 Å². The Morgan fingerprint density at radius 3 is 1.77 bits per heavy atom. The van der Waals surface area contributed by atoms with Crippen molar-refractivity contribution in [3.63, 3.8) is 0 Å². The van der Waals surface area contributed by atoms with Crippen LogP contribution in [0.3, 0.4) is 0 Å². The van der Waals surface area contributed by atoms with Gasteiger partial charge in [0.2, 0.25) is 0 Å². The summed E-state index contributed by atoms with van der Waals surface area (Å²) in [4.78, 5) is 12.8. The third kappa shape index (κ3) is 9.56. The molecule has 3 nitrogen and oxygen atoms in total. The van der Waals surface area contributed by atoms with Crippen LogP contribution >= 0.6 is 0 Å². The van der Waals surface area contributed by atoms with Crippen molar-refractivity contribution >= 4 is 24.3 Å². The van der Waals surface area contributed by atoms with Crippen molar-refractivity contribution in [2.45, 2.75) is 121 Å². The van der Waals surface area contributed by atoms with Crippen LogP contribution < -0.4 is 0 Å². The molecule has 0 saturated heterocycles. The second-order valence-corrected chi connectivity index (χ2v) is 24.3. The number of esters is 1. The van der Waals surface area contributed by atoms with E-state index in [1.165, 1.54) is 80.5 Å². The number of hydrogen-bond donors (Lipinski definition) is 0. The monoisotopic (exact) mass is 608 g/mol. The topological polar surface area (TPSA) is 35.5 Å². The number of alkyl halides is 3. The van der Waals surface area contributed by atoms with Crippen LogP contribution in [0, 0.1) is 0 Å². The molecule has 0 N–H and O–H groups in total. The summed E-state index contributed by atoms with van der Waals surface area (Å²) in [5.41, 5.74) is -3.39. The SMILES string of the molecule is CCC[CH2][Sn]([CH2]CCC)([CH2]CCC)[CH2]CCC[C@@H](C)OC(=O)[C@](OC)(c1ccccc1)C(F)(F)F. The Kier molecular flexibility index (Phi) is 14.9. The molecule has 1 aromatic rings. The first-order valence-corrected chi connectivity index (χ1v) is 21.6. The fraction of sp³-hybridized carbons (Fsp3) is 0.750. The van der Waals surface area contributed by atoms with E-state index in [0.717, 1.165) is 20.0 Å². The Morgan fingerprint density at radius 2 is 1.34 bits per heavy atom. The predicted octanol–water partition coefficient (Wildman–Crippen LogP) is 9.04. The Balaban J connectivity index is 2.80. The van der Waals surface area contributed by atoms with Crippen LogP contribution in [0.15, 0.2) is 30.3 Å². The zero-order valence-electron chi connectivity index (χ0n) is 22.5. The quantitative estimate of drug-likeness (QED) is 0.0950. The van der Waals surface area contributed by atoms with Gasteiger partial charge < -0.3 is 0 Å². The van der Waals surface area contributed by atoms with E-state index in [1.54, 1.807) is 13.0 Å². The molecule has 7 heteroatoms. The van der Waals surface area contributed by atoms with Crippen LogP contribution in [0.1, 0.15) is 91.0 Å². The number of benzene rings is 1. The molecule has 0 aliphatic carbocycles. The van der Waals surface area contributed by atoms with Crippen molar-refractivity contribution in [3.8, 4) is 0 Å². The van der Waals surface area contributed by atoms with E-state index in [9.17, 15) is 18.0 Å². The molecule has 1 rings (SSSR count). The van der Waals surface area contributed by atoms with Gasteiger partial charge in [-0.05, 0) is 0 Å². The van der Waals surface area contributed by atoms with E-state index >= 15 is 0 Å². The molecule has 2 atom stereocenters. The first-order chi connectivity index (χ1) is 16.6. The Labute approximate surface area is 215 Å². The second-order valence-electron chi connectivity index (χ2n) is 10.0. The molecule has 202 valence electrons. The summed E-state index contributed by atoms with van der Waals surface area (Å²) in [6, 6.07) is 7.01. The summed E-state index contributed by atoms with van der Waals surface area (Å²) in [6.45, 7) is 8.48. The average Bonchev–Trinajstić information content (AvgIpc) is 2.83. The minimum absolute atomic E-state index is 0.270. The maximum atomic E-state index is 14.1.